The zero-order valence-electron chi connectivity index (χ0n) is 16.9. The highest BCUT2D eigenvalue weighted by Gasteiger charge is 2.28. The first-order valence-electron chi connectivity index (χ1n) is 10.1. The first kappa shape index (κ1) is 20.8. The van der Waals surface area contributed by atoms with Gasteiger partial charge in [0.1, 0.15) is 17.2 Å². The van der Waals surface area contributed by atoms with E-state index in [0.29, 0.717) is 37.2 Å². The number of ether oxygens (including phenoxy) is 1. The van der Waals surface area contributed by atoms with Gasteiger partial charge in [-0.2, -0.15) is 0 Å². The fourth-order valence-corrected chi connectivity index (χ4v) is 4.26. The van der Waals surface area contributed by atoms with E-state index in [9.17, 15) is 9.18 Å². The molecule has 30 heavy (non-hydrogen) atoms. The second-order valence-corrected chi connectivity index (χ2v) is 8.00. The number of aromatic nitrogens is 3. The number of carbonyl (C=O) groups excluding carboxylic acids is 1. The average molecular weight is 431 g/mol. The second-order valence-electron chi connectivity index (χ2n) is 7.59. The molecule has 1 fully saturated rings. The van der Waals surface area contributed by atoms with Gasteiger partial charge < -0.3 is 14.2 Å². The number of rotatable bonds is 7. The van der Waals surface area contributed by atoms with Crippen LogP contribution in [-0.4, -0.2) is 52.1 Å². The molecule has 1 amide bonds. The van der Waals surface area contributed by atoms with E-state index in [4.69, 9.17) is 21.3 Å². The molecule has 2 aromatic heterocycles. The van der Waals surface area contributed by atoms with Crippen molar-refractivity contribution in [2.24, 2.45) is 5.92 Å². The summed E-state index contributed by atoms with van der Waals surface area (Å²) < 4.78 is 21.4. The van der Waals surface area contributed by atoms with Crippen molar-refractivity contribution in [1.82, 2.24) is 19.4 Å². The van der Waals surface area contributed by atoms with E-state index < -0.39 is 5.82 Å². The van der Waals surface area contributed by atoms with Crippen LogP contribution in [-0.2, 0) is 28.9 Å². The van der Waals surface area contributed by atoms with E-state index in [0.717, 1.165) is 29.8 Å². The molecule has 3 aromatic rings. The van der Waals surface area contributed by atoms with Gasteiger partial charge >= 0.3 is 0 Å². The topological polar surface area (TPSA) is 60.2 Å². The Bertz CT molecular complexity index is 1030. The van der Waals surface area contributed by atoms with Gasteiger partial charge in [-0.05, 0) is 36.6 Å². The van der Waals surface area contributed by atoms with Crippen molar-refractivity contribution < 1.29 is 13.9 Å². The lowest BCUT2D eigenvalue weighted by atomic mass is 10.0. The summed E-state index contributed by atoms with van der Waals surface area (Å²) in [5, 5.41) is 0.290. The van der Waals surface area contributed by atoms with Crippen LogP contribution in [0.2, 0.25) is 5.02 Å². The van der Waals surface area contributed by atoms with E-state index in [1.54, 1.807) is 30.3 Å². The van der Waals surface area contributed by atoms with Gasteiger partial charge in [-0.1, -0.05) is 17.7 Å². The monoisotopic (exact) mass is 430 g/mol. The minimum atomic E-state index is -0.439. The summed E-state index contributed by atoms with van der Waals surface area (Å²) in [5.41, 5.74) is 1.98. The summed E-state index contributed by atoms with van der Waals surface area (Å²) in [5.74, 6) is 0.713. The van der Waals surface area contributed by atoms with Gasteiger partial charge in [0.05, 0.1) is 13.0 Å². The molecular formula is C22H24ClFN4O2. The molecule has 6 nitrogen and oxygen atoms in total. The number of hydrogen-bond acceptors (Lipinski definition) is 4. The first-order valence-corrected chi connectivity index (χ1v) is 10.4. The molecule has 1 aromatic carbocycles. The molecule has 1 aliphatic rings. The fraction of sp³-hybridized carbons (Fsp3) is 0.409. The predicted octanol–water partition coefficient (Wildman–Crippen LogP) is 3.50. The van der Waals surface area contributed by atoms with Crippen molar-refractivity contribution in [3.8, 4) is 0 Å². The number of amides is 1. The summed E-state index contributed by atoms with van der Waals surface area (Å²) in [6, 6.07) is 8.32. The van der Waals surface area contributed by atoms with Crippen LogP contribution < -0.4 is 0 Å². The smallest absolute Gasteiger partial charge is 0.227 e. The number of likely N-dealkylation sites (tertiary alicyclic amines) is 1. The highest BCUT2D eigenvalue weighted by molar-refractivity contribution is 6.31. The molecule has 3 heterocycles. The van der Waals surface area contributed by atoms with Crippen molar-refractivity contribution in [3.05, 3.63) is 58.8 Å². The third kappa shape index (κ3) is 4.32. The molecule has 1 aliphatic heterocycles. The quantitative estimate of drug-likeness (QED) is 0.575. The molecule has 0 unspecified atom stereocenters. The Kier molecular flexibility index (Phi) is 6.29. The van der Waals surface area contributed by atoms with E-state index >= 15 is 0 Å². The maximum atomic E-state index is 14.0. The minimum Gasteiger partial charge on any atom is -0.383 e. The Morgan fingerprint density at radius 1 is 1.33 bits per heavy atom. The number of nitrogens with zero attached hydrogens (tertiary/aromatic N) is 4. The van der Waals surface area contributed by atoms with Crippen molar-refractivity contribution in [3.63, 3.8) is 0 Å². The minimum absolute atomic E-state index is 0.0193. The van der Waals surface area contributed by atoms with Crippen LogP contribution >= 0.6 is 11.6 Å². The van der Waals surface area contributed by atoms with Gasteiger partial charge in [0, 0.05) is 49.9 Å². The SMILES string of the molecule is COCCn1c(C[C@H]2CCN(C(=O)Cc3c(F)cccc3Cl)C2)nc2cccnc21. The van der Waals surface area contributed by atoms with Crippen LogP contribution in [0.25, 0.3) is 11.2 Å². The molecule has 0 N–H and O–H groups in total. The molecule has 0 radical (unpaired) electrons. The van der Waals surface area contributed by atoms with Crippen LogP contribution in [0.1, 0.15) is 17.8 Å². The summed E-state index contributed by atoms with van der Waals surface area (Å²) in [4.78, 5) is 23.8. The molecular weight excluding hydrogens is 407 g/mol. The third-order valence-corrected chi connectivity index (χ3v) is 5.96. The molecule has 0 aliphatic carbocycles. The average Bonchev–Trinajstić information content (AvgIpc) is 3.34. The van der Waals surface area contributed by atoms with Gasteiger partial charge in [0.2, 0.25) is 5.91 Å². The van der Waals surface area contributed by atoms with Gasteiger partial charge in [-0.15, -0.1) is 0 Å². The summed E-state index contributed by atoms with van der Waals surface area (Å²) in [6.45, 7) is 2.55. The molecule has 1 saturated heterocycles. The number of pyridine rings is 1. The highest BCUT2D eigenvalue weighted by atomic mass is 35.5. The van der Waals surface area contributed by atoms with E-state index in [-0.39, 0.29) is 17.9 Å². The van der Waals surface area contributed by atoms with Crippen molar-refractivity contribution in [1.29, 1.82) is 0 Å². The number of carbonyl (C=O) groups is 1. The normalized spacial score (nSPS) is 16.5. The van der Waals surface area contributed by atoms with Crippen LogP contribution in [0.3, 0.4) is 0 Å². The maximum absolute atomic E-state index is 14.0. The van der Waals surface area contributed by atoms with Crippen LogP contribution in [0, 0.1) is 11.7 Å². The predicted molar refractivity (Wildman–Crippen MR) is 113 cm³/mol. The fourth-order valence-electron chi connectivity index (χ4n) is 4.03. The maximum Gasteiger partial charge on any atom is 0.227 e. The lowest BCUT2D eigenvalue weighted by Crippen LogP contribution is -2.30. The Morgan fingerprint density at radius 3 is 3.00 bits per heavy atom. The Labute approximate surface area is 179 Å². The summed E-state index contributed by atoms with van der Waals surface area (Å²) in [7, 11) is 1.68. The highest BCUT2D eigenvalue weighted by Crippen LogP contribution is 2.25. The number of halogens is 2. The molecule has 158 valence electrons. The first-order chi connectivity index (χ1) is 14.6. The van der Waals surface area contributed by atoms with Crippen molar-refractivity contribution in [2.45, 2.75) is 25.8 Å². The Balaban J connectivity index is 1.44. The second kappa shape index (κ2) is 9.10. The van der Waals surface area contributed by atoms with Crippen LogP contribution in [0.4, 0.5) is 4.39 Å². The molecule has 4 rings (SSSR count). The zero-order chi connectivity index (χ0) is 21.1. The summed E-state index contributed by atoms with van der Waals surface area (Å²) >= 11 is 6.08. The molecule has 1 atom stereocenters. The molecule has 8 heteroatoms. The van der Waals surface area contributed by atoms with E-state index in [1.807, 2.05) is 12.1 Å². The number of methoxy groups -OCH3 is 1. The van der Waals surface area contributed by atoms with Gasteiger partial charge in [-0.3, -0.25) is 4.79 Å². The lowest BCUT2D eigenvalue weighted by molar-refractivity contribution is -0.129. The van der Waals surface area contributed by atoms with E-state index in [1.165, 1.54) is 6.07 Å². The number of fused-ring (bicyclic) bond motifs is 1. The van der Waals surface area contributed by atoms with Crippen LogP contribution in [0.5, 0.6) is 0 Å². The van der Waals surface area contributed by atoms with Gasteiger partial charge in [0.25, 0.3) is 0 Å². The van der Waals surface area contributed by atoms with E-state index in [2.05, 4.69) is 9.55 Å². The third-order valence-electron chi connectivity index (χ3n) is 5.60. The lowest BCUT2D eigenvalue weighted by Gasteiger charge is -2.17. The number of imidazole rings is 1. The van der Waals surface area contributed by atoms with Crippen LogP contribution in [0.15, 0.2) is 36.5 Å². The molecule has 0 saturated carbocycles. The standard InChI is InChI=1S/C22H24ClFN4O2/c1-30-11-10-28-20(26-19-6-3-8-25-22(19)28)12-15-7-9-27(14-15)21(29)13-16-17(23)4-2-5-18(16)24/h2-6,8,15H,7,9-14H2,1H3/t15-/m1/s1. The largest absolute Gasteiger partial charge is 0.383 e. The molecule has 0 spiro atoms. The summed E-state index contributed by atoms with van der Waals surface area (Å²) in [6.07, 6.45) is 3.39. The number of hydrogen-bond donors (Lipinski definition) is 0. The Morgan fingerprint density at radius 2 is 2.20 bits per heavy atom. The van der Waals surface area contributed by atoms with Crippen molar-refractivity contribution >= 4 is 28.7 Å². The Hall–Kier alpha value is -2.51. The molecule has 0 bridgehead atoms. The van der Waals surface area contributed by atoms with Gasteiger partial charge in [0.15, 0.2) is 5.65 Å². The number of benzene rings is 1. The van der Waals surface area contributed by atoms with Gasteiger partial charge in [-0.25, -0.2) is 14.4 Å². The van der Waals surface area contributed by atoms with Crippen molar-refractivity contribution in [2.75, 3.05) is 26.8 Å². The zero-order valence-corrected chi connectivity index (χ0v) is 17.6.